The van der Waals surface area contributed by atoms with Crippen molar-refractivity contribution in [2.24, 2.45) is 0 Å². The Morgan fingerprint density at radius 1 is 1.40 bits per heavy atom. The molecule has 1 fully saturated rings. The summed E-state index contributed by atoms with van der Waals surface area (Å²) in [7, 11) is -4.07. The van der Waals surface area contributed by atoms with Crippen LogP contribution in [0, 0.1) is 0 Å². The Balaban J connectivity index is 2.20. The predicted octanol–water partition coefficient (Wildman–Crippen LogP) is -1.43. The van der Waals surface area contributed by atoms with Gasteiger partial charge in [-0.2, -0.15) is 0 Å². The van der Waals surface area contributed by atoms with Crippen LogP contribution in [0.2, 0.25) is 0 Å². The number of hydrogen-bond acceptors (Lipinski definition) is 4. The summed E-state index contributed by atoms with van der Waals surface area (Å²) < 4.78 is 15.5. The smallest absolute Gasteiger partial charge is 0.339 e. The number of morpholine rings is 1. The fourth-order valence-corrected chi connectivity index (χ4v) is 1.64. The lowest BCUT2D eigenvalue weighted by atomic mass is 10.4. The summed E-state index contributed by atoms with van der Waals surface area (Å²) in [5, 5.41) is 2.43. The molecule has 1 aliphatic rings. The molecule has 0 radical (unpaired) electrons. The highest BCUT2D eigenvalue weighted by Gasteiger charge is 2.18. The minimum Gasteiger partial charge on any atom is -0.378 e. The van der Waals surface area contributed by atoms with Crippen molar-refractivity contribution >= 4 is 13.5 Å². The van der Waals surface area contributed by atoms with Gasteiger partial charge in [-0.15, -0.1) is 0 Å². The molecule has 0 saturated carbocycles. The zero-order chi connectivity index (χ0) is 11.3. The number of nitrogens with one attached hydrogen (secondary N) is 1. The summed E-state index contributed by atoms with van der Waals surface area (Å²) in [5.74, 6) is -0.160. The molecule has 3 N–H and O–H groups in total. The third kappa shape index (κ3) is 5.25. The van der Waals surface area contributed by atoms with E-state index in [1.165, 1.54) is 0 Å². The van der Waals surface area contributed by atoms with Gasteiger partial charge >= 0.3 is 7.60 Å². The van der Waals surface area contributed by atoms with Crippen LogP contribution in [0.15, 0.2) is 0 Å². The zero-order valence-electron chi connectivity index (χ0n) is 8.26. The molecule has 1 amide bonds. The Hall–Kier alpha value is -0.460. The van der Waals surface area contributed by atoms with E-state index in [0.717, 1.165) is 0 Å². The number of ether oxygens (including phenoxy) is 1. The van der Waals surface area contributed by atoms with E-state index in [-0.39, 0.29) is 12.5 Å². The molecule has 1 saturated heterocycles. The fraction of sp³-hybridized carbons (Fsp3) is 0.857. The highest BCUT2D eigenvalue weighted by molar-refractivity contribution is 7.51. The fourth-order valence-electron chi connectivity index (χ4n) is 1.23. The van der Waals surface area contributed by atoms with Gasteiger partial charge in [0.2, 0.25) is 5.91 Å². The Labute approximate surface area is 87.6 Å². The molecule has 8 heteroatoms. The number of rotatable bonds is 4. The van der Waals surface area contributed by atoms with Crippen molar-refractivity contribution in [2.45, 2.75) is 0 Å². The SMILES string of the molecule is O=C(CNCP(=O)(O)O)N1CCOCC1. The van der Waals surface area contributed by atoms with Crippen molar-refractivity contribution in [1.29, 1.82) is 0 Å². The molecule has 0 unspecified atom stereocenters. The number of carbonyl (C=O) groups excluding carboxylic acids is 1. The molecular weight excluding hydrogens is 223 g/mol. The zero-order valence-corrected chi connectivity index (χ0v) is 9.15. The van der Waals surface area contributed by atoms with E-state index in [0.29, 0.717) is 26.3 Å². The van der Waals surface area contributed by atoms with Gasteiger partial charge in [0.05, 0.1) is 26.0 Å². The van der Waals surface area contributed by atoms with Crippen molar-refractivity contribution in [3.63, 3.8) is 0 Å². The lowest BCUT2D eigenvalue weighted by Gasteiger charge is -2.26. The van der Waals surface area contributed by atoms with E-state index in [9.17, 15) is 9.36 Å². The van der Waals surface area contributed by atoms with Crippen LogP contribution in [-0.4, -0.2) is 59.7 Å². The number of hydrogen-bond donors (Lipinski definition) is 3. The number of nitrogens with zero attached hydrogens (tertiary/aromatic N) is 1. The van der Waals surface area contributed by atoms with Gasteiger partial charge in [-0.25, -0.2) is 0 Å². The van der Waals surface area contributed by atoms with E-state index in [1.54, 1.807) is 4.90 Å². The van der Waals surface area contributed by atoms with E-state index < -0.39 is 13.9 Å². The summed E-state index contributed by atoms with van der Waals surface area (Å²) >= 11 is 0. The lowest BCUT2D eigenvalue weighted by molar-refractivity contribution is -0.134. The first-order valence-corrected chi connectivity index (χ1v) is 6.39. The van der Waals surface area contributed by atoms with Gasteiger partial charge in [0, 0.05) is 13.1 Å². The van der Waals surface area contributed by atoms with Crippen molar-refractivity contribution in [3.8, 4) is 0 Å². The summed E-state index contributed by atoms with van der Waals surface area (Å²) in [6, 6.07) is 0. The molecule has 1 heterocycles. The van der Waals surface area contributed by atoms with Gasteiger partial charge in [-0.1, -0.05) is 0 Å². The molecule has 0 aromatic heterocycles. The van der Waals surface area contributed by atoms with Gasteiger partial charge in [0.1, 0.15) is 0 Å². The molecule has 7 nitrogen and oxygen atoms in total. The van der Waals surface area contributed by atoms with Gasteiger partial charge in [-0.05, 0) is 0 Å². The first-order valence-electron chi connectivity index (χ1n) is 4.60. The average molecular weight is 238 g/mol. The van der Waals surface area contributed by atoms with Crippen LogP contribution in [0.5, 0.6) is 0 Å². The summed E-state index contributed by atoms with van der Waals surface area (Å²) in [5.41, 5.74) is 0. The van der Waals surface area contributed by atoms with Crippen LogP contribution >= 0.6 is 7.60 Å². The molecule has 1 aliphatic heterocycles. The standard InChI is InChI=1S/C7H15N2O5P/c10-7(5-8-6-15(11,12)13)9-1-3-14-4-2-9/h8H,1-6H2,(H2,11,12,13). The van der Waals surface area contributed by atoms with E-state index in [1.807, 2.05) is 0 Å². The minimum absolute atomic E-state index is 0.0505. The molecule has 88 valence electrons. The van der Waals surface area contributed by atoms with Crippen molar-refractivity contribution in [1.82, 2.24) is 10.2 Å². The molecule has 0 spiro atoms. The first kappa shape index (κ1) is 12.6. The lowest BCUT2D eigenvalue weighted by Crippen LogP contribution is -2.44. The topological polar surface area (TPSA) is 99.1 Å². The van der Waals surface area contributed by atoms with E-state index >= 15 is 0 Å². The van der Waals surface area contributed by atoms with Gasteiger partial charge < -0.3 is 19.4 Å². The maximum absolute atomic E-state index is 11.4. The minimum atomic E-state index is -4.07. The van der Waals surface area contributed by atoms with Crippen LogP contribution in [-0.2, 0) is 14.1 Å². The van der Waals surface area contributed by atoms with Crippen LogP contribution in [0.25, 0.3) is 0 Å². The molecule has 0 aromatic carbocycles. The highest BCUT2D eigenvalue weighted by Crippen LogP contribution is 2.31. The maximum Gasteiger partial charge on any atom is 0.339 e. The van der Waals surface area contributed by atoms with Gasteiger partial charge in [0.15, 0.2) is 0 Å². The van der Waals surface area contributed by atoms with Crippen LogP contribution in [0.3, 0.4) is 0 Å². The van der Waals surface area contributed by atoms with Gasteiger partial charge in [-0.3, -0.25) is 14.7 Å². The third-order valence-corrected chi connectivity index (χ3v) is 2.59. The Bertz CT molecular complexity index is 260. The first-order chi connectivity index (χ1) is 6.99. The predicted molar refractivity (Wildman–Crippen MR) is 52.3 cm³/mol. The quantitative estimate of drug-likeness (QED) is 0.519. The number of amides is 1. The molecule has 1 rings (SSSR count). The molecule has 15 heavy (non-hydrogen) atoms. The van der Waals surface area contributed by atoms with Crippen LogP contribution in [0.4, 0.5) is 0 Å². The van der Waals surface area contributed by atoms with Crippen molar-refractivity contribution < 1.29 is 23.9 Å². The van der Waals surface area contributed by atoms with E-state index in [2.05, 4.69) is 5.32 Å². The molecule has 0 bridgehead atoms. The summed E-state index contributed by atoms with van der Waals surface area (Å²) in [6.07, 6.45) is -0.469. The monoisotopic (exact) mass is 238 g/mol. The second-order valence-electron chi connectivity index (χ2n) is 3.24. The molecule has 0 atom stereocenters. The second-order valence-corrected chi connectivity index (χ2v) is 4.89. The largest absolute Gasteiger partial charge is 0.378 e. The number of carbonyl (C=O) groups is 1. The Morgan fingerprint density at radius 3 is 2.53 bits per heavy atom. The summed E-state index contributed by atoms with van der Waals surface area (Å²) in [6.45, 7) is 2.06. The molecule has 0 aromatic rings. The summed E-state index contributed by atoms with van der Waals surface area (Å²) in [4.78, 5) is 30.1. The Kier molecular flexibility index (Phi) is 4.69. The third-order valence-electron chi connectivity index (χ3n) is 1.96. The van der Waals surface area contributed by atoms with Crippen molar-refractivity contribution in [3.05, 3.63) is 0 Å². The van der Waals surface area contributed by atoms with E-state index in [4.69, 9.17) is 14.5 Å². The normalized spacial score (nSPS) is 17.9. The maximum atomic E-state index is 11.4. The molecule has 0 aliphatic carbocycles. The highest BCUT2D eigenvalue weighted by atomic mass is 31.2. The van der Waals surface area contributed by atoms with Gasteiger partial charge in [0.25, 0.3) is 0 Å². The Morgan fingerprint density at radius 2 is 2.00 bits per heavy atom. The molecular formula is C7H15N2O5P. The second kappa shape index (κ2) is 5.58. The van der Waals surface area contributed by atoms with Crippen LogP contribution in [0.1, 0.15) is 0 Å². The van der Waals surface area contributed by atoms with Crippen LogP contribution < -0.4 is 5.32 Å². The van der Waals surface area contributed by atoms with Crippen molar-refractivity contribution in [2.75, 3.05) is 39.1 Å². The average Bonchev–Trinajstić information content (AvgIpc) is 2.17.